The molecule has 0 radical (unpaired) electrons. The number of benzene rings is 2. The number of primary amides is 1. The average Bonchev–Trinajstić information content (AvgIpc) is 3.73. The number of aromatic nitrogens is 8. The first-order valence-electron chi connectivity index (χ1n) is 13.3. The van der Waals surface area contributed by atoms with Gasteiger partial charge in [-0.05, 0) is 42.3 Å². The summed E-state index contributed by atoms with van der Waals surface area (Å²) in [6, 6.07) is 15.8. The van der Waals surface area contributed by atoms with E-state index in [2.05, 4.69) is 30.7 Å². The summed E-state index contributed by atoms with van der Waals surface area (Å²) in [4.78, 5) is 31.6. The molecule has 6 aromatic rings. The van der Waals surface area contributed by atoms with Gasteiger partial charge in [0.2, 0.25) is 0 Å². The number of nitrogens with one attached hydrogen (secondary N) is 1. The Kier molecular flexibility index (Phi) is 7.54. The first-order valence-corrected chi connectivity index (χ1v) is 13.7. The number of anilines is 1. The number of carbonyl (C=O) groups excluding carboxylic acids is 2. The molecule has 16 heteroatoms. The number of halogens is 4. The fourth-order valence-corrected chi connectivity index (χ4v) is 5.00. The molecular formula is C29H22ClF3N10O2. The summed E-state index contributed by atoms with van der Waals surface area (Å²) in [5.41, 5.74) is 6.65. The number of hydrogen-bond acceptors (Lipinski definition) is 7. The summed E-state index contributed by atoms with van der Waals surface area (Å²) in [6.45, 7) is 1.84. The number of rotatable bonds is 8. The van der Waals surface area contributed by atoms with Crippen LogP contribution in [0.4, 0.5) is 18.9 Å². The summed E-state index contributed by atoms with van der Waals surface area (Å²) >= 11 is 6.35. The van der Waals surface area contributed by atoms with E-state index >= 15 is 0 Å². The largest absolute Gasteiger partial charge is 0.436 e. The van der Waals surface area contributed by atoms with Crippen molar-refractivity contribution in [1.82, 2.24) is 39.5 Å². The van der Waals surface area contributed by atoms with Gasteiger partial charge < -0.3 is 11.1 Å². The van der Waals surface area contributed by atoms with E-state index in [4.69, 9.17) is 17.3 Å². The van der Waals surface area contributed by atoms with Gasteiger partial charge in [0.1, 0.15) is 17.8 Å². The van der Waals surface area contributed by atoms with E-state index in [1.54, 1.807) is 29.9 Å². The lowest BCUT2D eigenvalue weighted by Gasteiger charge is -2.14. The third-order valence-electron chi connectivity index (χ3n) is 6.78. The van der Waals surface area contributed by atoms with Crippen molar-refractivity contribution in [3.05, 3.63) is 112 Å². The van der Waals surface area contributed by atoms with Gasteiger partial charge in [-0.25, -0.2) is 9.67 Å². The number of amides is 2. The molecule has 0 saturated heterocycles. The van der Waals surface area contributed by atoms with Crippen molar-refractivity contribution in [2.75, 3.05) is 5.32 Å². The van der Waals surface area contributed by atoms with Crippen molar-refractivity contribution in [2.45, 2.75) is 26.2 Å². The molecule has 12 nitrogen and oxygen atoms in total. The number of nitrogens with zero attached hydrogens (tertiary/aromatic N) is 8. The van der Waals surface area contributed by atoms with Crippen LogP contribution in [-0.2, 0) is 19.3 Å². The highest BCUT2D eigenvalue weighted by atomic mass is 35.5. The van der Waals surface area contributed by atoms with Gasteiger partial charge in [-0.3, -0.25) is 14.3 Å². The molecule has 4 heterocycles. The van der Waals surface area contributed by atoms with Crippen LogP contribution in [-0.4, -0.2) is 51.4 Å². The van der Waals surface area contributed by atoms with E-state index in [0.717, 1.165) is 15.0 Å². The third kappa shape index (κ3) is 5.97. The van der Waals surface area contributed by atoms with E-state index in [1.807, 2.05) is 30.3 Å². The Morgan fingerprint density at radius 1 is 1.02 bits per heavy atom. The molecule has 0 bridgehead atoms. The van der Waals surface area contributed by atoms with Crippen molar-refractivity contribution in [2.24, 2.45) is 5.73 Å². The first kappa shape index (κ1) is 29.5. The van der Waals surface area contributed by atoms with Gasteiger partial charge in [-0.2, -0.15) is 33.3 Å². The molecule has 0 aliphatic heterocycles. The Morgan fingerprint density at radius 3 is 2.49 bits per heavy atom. The number of carbonyl (C=O) groups is 2. The maximum absolute atomic E-state index is 13.8. The molecule has 0 atom stereocenters. The van der Waals surface area contributed by atoms with Gasteiger partial charge in [-0.1, -0.05) is 41.9 Å². The Hall–Kier alpha value is -5.57. The maximum atomic E-state index is 13.8. The molecule has 0 fully saturated rings. The molecule has 2 amide bonds. The molecule has 0 unspecified atom stereocenters. The molecule has 0 aliphatic rings. The van der Waals surface area contributed by atoms with Gasteiger partial charge in [-0.15, -0.1) is 5.10 Å². The van der Waals surface area contributed by atoms with Crippen molar-refractivity contribution in [3.63, 3.8) is 0 Å². The lowest BCUT2D eigenvalue weighted by Crippen LogP contribution is -2.22. The first-order chi connectivity index (χ1) is 21.5. The zero-order chi connectivity index (χ0) is 31.9. The van der Waals surface area contributed by atoms with Crippen LogP contribution in [0.1, 0.15) is 43.4 Å². The van der Waals surface area contributed by atoms with Crippen molar-refractivity contribution < 1.29 is 22.8 Å². The Bertz CT molecular complexity index is 2070. The second-order valence-electron chi connectivity index (χ2n) is 10.0. The molecule has 0 spiro atoms. The number of nitrogens with two attached hydrogens (primary N) is 1. The predicted molar refractivity (Wildman–Crippen MR) is 157 cm³/mol. The van der Waals surface area contributed by atoms with E-state index in [9.17, 15) is 22.8 Å². The smallest absolute Gasteiger partial charge is 0.365 e. The van der Waals surface area contributed by atoms with Crippen LogP contribution < -0.4 is 11.1 Å². The van der Waals surface area contributed by atoms with Gasteiger partial charge in [0.25, 0.3) is 11.8 Å². The highest BCUT2D eigenvalue weighted by molar-refractivity contribution is 6.32. The van der Waals surface area contributed by atoms with Crippen LogP contribution in [0.2, 0.25) is 5.02 Å². The second kappa shape index (κ2) is 11.5. The zero-order valence-corrected chi connectivity index (χ0v) is 24.1. The number of fused-ring (bicyclic) bond motifs is 1. The maximum Gasteiger partial charge on any atom is 0.436 e. The number of hydrogen-bond donors (Lipinski definition) is 2. The quantitative estimate of drug-likeness (QED) is 0.248. The molecule has 3 N–H and O–H groups in total. The van der Waals surface area contributed by atoms with E-state index in [0.29, 0.717) is 29.2 Å². The number of alkyl halides is 3. The van der Waals surface area contributed by atoms with Crippen LogP contribution in [0.25, 0.3) is 16.7 Å². The van der Waals surface area contributed by atoms with Gasteiger partial charge in [0, 0.05) is 17.8 Å². The Morgan fingerprint density at radius 2 is 1.80 bits per heavy atom. The Labute approximate surface area is 257 Å². The van der Waals surface area contributed by atoms with Crippen LogP contribution in [0, 0.1) is 6.92 Å². The second-order valence-corrected chi connectivity index (χ2v) is 10.4. The van der Waals surface area contributed by atoms with Crippen LogP contribution in [0.3, 0.4) is 0 Å². The minimum absolute atomic E-state index is 0.00717. The lowest BCUT2D eigenvalue weighted by molar-refractivity contribution is -0.141. The highest BCUT2D eigenvalue weighted by Crippen LogP contribution is 2.31. The molecule has 2 aromatic carbocycles. The van der Waals surface area contributed by atoms with E-state index in [1.165, 1.54) is 18.3 Å². The molecule has 4 aromatic heterocycles. The van der Waals surface area contributed by atoms with Crippen LogP contribution in [0.15, 0.2) is 73.2 Å². The minimum Gasteiger partial charge on any atom is -0.365 e. The van der Waals surface area contributed by atoms with E-state index in [-0.39, 0.29) is 40.0 Å². The van der Waals surface area contributed by atoms with E-state index < -0.39 is 23.7 Å². The standard InChI is InChI=1S/C29H22ClF3N10O2/c1-16-10-18-14-41(13-17-6-3-2-4-7-17)40-25(18)23(26(34)44)24(16)37-28(45)21-11-19(15-42-36-12-22(39-42)29(31,32)33)38-43(21)27-20(30)8-5-9-35-27/h2-12,14H,13,15H2,1H3,(H2,34,44)(H,37,45). The summed E-state index contributed by atoms with van der Waals surface area (Å²) in [5.74, 6) is -1.45. The van der Waals surface area contributed by atoms with Crippen LogP contribution in [0.5, 0.6) is 0 Å². The summed E-state index contributed by atoms with van der Waals surface area (Å²) in [6.07, 6.45) is -0.875. The van der Waals surface area contributed by atoms with Crippen molar-refractivity contribution >= 4 is 40.0 Å². The molecule has 0 aliphatic carbocycles. The molecule has 0 saturated carbocycles. The summed E-state index contributed by atoms with van der Waals surface area (Å²) < 4.78 is 42.0. The summed E-state index contributed by atoms with van der Waals surface area (Å²) in [7, 11) is 0. The normalized spacial score (nSPS) is 11.7. The number of pyridine rings is 1. The van der Waals surface area contributed by atoms with Gasteiger partial charge >= 0.3 is 6.18 Å². The Balaban J connectivity index is 1.38. The fourth-order valence-electron chi connectivity index (χ4n) is 4.80. The topological polar surface area (TPSA) is 151 Å². The SMILES string of the molecule is Cc1cc2cn(Cc3ccccc3)nc2c(C(N)=O)c1NC(=O)c1cc(Cn2ncc(C(F)(F)F)n2)nn1-c1ncccc1Cl. The van der Waals surface area contributed by atoms with Crippen molar-refractivity contribution in [1.29, 1.82) is 0 Å². The van der Waals surface area contributed by atoms with Gasteiger partial charge in [0.15, 0.2) is 11.5 Å². The minimum atomic E-state index is -4.68. The van der Waals surface area contributed by atoms with Crippen LogP contribution >= 0.6 is 11.6 Å². The third-order valence-corrected chi connectivity index (χ3v) is 7.07. The van der Waals surface area contributed by atoms with Crippen molar-refractivity contribution in [3.8, 4) is 5.82 Å². The lowest BCUT2D eigenvalue weighted by atomic mass is 10.0. The zero-order valence-electron chi connectivity index (χ0n) is 23.3. The molecular weight excluding hydrogens is 613 g/mol. The molecule has 45 heavy (non-hydrogen) atoms. The number of aryl methyl sites for hydroxylation is 1. The fraction of sp³-hybridized carbons (Fsp3) is 0.138. The average molecular weight is 635 g/mol. The predicted octanol–water partition coefficient (Wildman–Crippen LogP) is 4.64. The molecule has 6 rings (SSSR count). The summed E-state index contributed by atoms with van der Waals surface area (Å²) in [5, 5.41) is 19.6. The van der Waals surface area contributed by atoms with Gasteiger partial charge in [0.05, 0.1) is 34.7 Å². The molecule has 228 valence electrons. The highest BCUT2D eigenvalue weighted by Gasteiger charge is 2.34. The monoisotopic (exact) mass is 634 g/mol.